The maximum Gasteiger partial charge on any atom is 0.306 e. The number of aromatic hydroxyl groups is 1. The molecule has 0 atom stereocenters. The molecular formula is C23H27N3O3S2. The molecule has 1 fully saturated rings. The van der Waals surface area contributed by atoms with Gasteiger partial charge in [-0.1, -0.05) is 12.1 Å². The normalized spacial score (nSPS) is 17.3. The lowest BCUT2D eigenvalue weighted by atomic mass is 9.90. The number of rotatable bonds is 4. The van der Waals surface area contributed by atoms with Crippen molar-refractivity contribution >= 4 is 40.3 Å². The summed E-state index contributed by atoms with van der Waals surface area (Å²) in [6, 6.07) is 6.50. The number of carboxylic acids is 1. The number of carbonyl (C=O) groups is 1. The molecule has 0 radical (unpaired) electrons. The number of likely N-dealkylation sites (tertiary alicyclic amines) is 1. The number of hydrogen-bond donors (Lipinski definition) is 3. The molecule has 4 rings (SSSR count). The minimum atomic E-state index is -0.741. The van der Waals surface area contributed by atoms with Gasteiger partial charge in [-0.05, 0) is 80.4 Å². The van der Waals surface area contributed by atoms with Crippen molar-refractivity contribution in [2.24, 2.45) is 11.0 Å². The average molecular weight is 458 g/mol. The van der Waals surface area contributed by atoms with E-state index < -0.39 is 5.97 Å². The average Bonchev–Trinajstić information content (AvgIpc) is 3.18. The van der Waals surface area contributed by atoms with Crippen LogP contribution in [-0.2, 0) is 17.6 Å². The second kappa shape index (κ2) is 9.36. The van der Waals surface area contributed by atoms with E-state index in [0.717, 1.165) is 23.3 Å². The molecule has 0 unspecified atom stereocenters. The predicted molar refractivity (Wildman–Crippen MR) is 128 cm³/mol. The molecule has 8 heteroatoms. The minimum Gasteiger partial charge on any atom is -0.506 e. The molecule has 2 heterocycles. The van der Waals surface area contributed by atoms with Gasteiger partial charge in [-0.2, -0.15) is 5.10 Å². The summed E-state index contributed by atoms with van der Waals surface area (Å²) in [5.74, 6) is -0.791. The molecule has 0 saturated carbocycles. The van der Waals surface area contributed by atoms with Crippen LogP contribution in [0.2, 0.25) is 0 Å². The maximum absolute atomic E-state index is 11.1. The zero-order chi connectivity index (χ0) is 22.0. The number of thiophene rings is 1. The number of fused-ring (bicyclic) bond motifs is 1. The predicted octanol–water partition coefficient (Wildman–Crippen LogP) is 4.39. The zero-order valence-electron chi connectivity index (χ0n) is 17.6. The van der Waals surface area contributed by atoms with Gasteiger partial charge in [0.25, 0.3) is 0 Å². The third kappa shape index (κ3) is 4.75. The fraction of sp³-hybridized carbons (Fsp3) is 0.435. The molecule has 1 saturated heterocycles. The smallest absolute Gasteiger partial charge is 0.306 e. The van der Waals surface area contributed by atoms with Gasteiger partial charge in [0.1, 0.15) is 5.75 Å². The van der Waals surface area contributed by atoms with Crippen LogP contribution in [-0.4, -0.2) is 45.0 Å². The van der Waals surface area contributed by atoms with Crippen LogP contribution in [0.4, 0.5) is 0 Å². The van der Waals surface area contributed by atoms with Crippen molar-refractivity contribution in [3.63, 3.8) is 0 Å². The Morgan fingerprint density at radius 1 is 1.23 bits per heavy atom. The summed E-state index contributed by atoms with van der Waals surface area (Å²) < 4.78 is 0. The molecular weight excluding hydrogens is 430 g/mol. The Morgan fingerprint density at radius 3 is 2.65 bits per heavy atom. The van der Waals surface area contributed by atoms with E-state index >= 15 is 0 Å². The van der Waals surface area contributed by atoms with Crippen molar-refractivity contribution in [2.45, 2.75) is 45.4 Å². The number of hydrogen-bond acceptors (Lipinski definition) is 5. The van der Waals surface area contributed by atoms with E-state index in [2.05, 4.69) is 28.7 Å². The molecule has 1 aromatic heterocycles. The highest BCUT2D eigenvalue weighted by molar-refractivity contribution is 7.80. The topological polar surface area (TPSA) is 85.2 Å². The van der Waals surface area contributed by atoms with Crippen LogP contribution < -0.4 is 5.43 Å². The van der Waals surface area contributed by atoms with Crippen molar-refractivity contribution in [3.8, 4) is 16.2 Å². The first-order valence-corrected chi connectivity index (χ1v) is 12.0. The molecule has 0 amide bonds. The Balaban J connectivity index is 1.43. The Bertz CT molecular complexity index is 1020. The largest absolute Gasteiger partial charge is 0.506 e. The van der Waals surface area contributed by atoms with Crippen molar-refractivity contribution < 1.29 is 15.0 Å². The second-order valence-electron chi connectivity index (χ2n) is 8.23. The number of hydrazone groups is 1. The number of aliphatic carboxylic acids is 1. The first-order valence-electron chi connectivity index (χ1n) is 10.7. The van der Waals surface area contributed by atoms with Crippen LogP contribution in [0.5, 0.6) is 5.75 Å². The van der Waals surface area contributed by atoms with Crippen LogP contribution in [0.1, 0.15) is 49.3 Å². The Morgan fingerprint density at radius 2 is 1.94 bits per heavy atom. The number of thiocarbonyl (C=S) groups is 1. The number of nitrogens with one attached hydrogen (secondary N) is 1. The van der Waals surface area contributed by atoms with E-state index in [0.29, 0.717) is 42.3 Å². The van der Waals surface area contributed by atoms with Gasteiger partial charge in [0.15, 0.2) is 5.11 Å². The van der Waals surface area contributed by atoms with Gasteiger partial charge in [-0.3, -0.25) is 10.2 Å². The molecule has 2 aromatic rings. The fourth-order valence-corrected chi connectivity index (χ4v) is 5.51. The number of benzene rings is 1. The van der Waals surface area contributed by atoms with Crippen molar-refractivity contribution in [1.29, 1.82) is 0 Å². The van der Waals surface area contributed by atoms with Gasteiger partial charge in [0.05, 0.1) is 22.1 Å². The summed E-state index contributed by atoms with van der Waals surface area (Å²) in [4.78, 5) is 13.9. The quantitative estimate of drug-likeness (QED) is 0.359. The molecule has 31 heavy (non-hydrogen) atoms. The molecule has 1 aromatic carbocycles. The van der Waals surface area contributed by atoms with Gasteiger partial charge in [0, 0.05) is 18.5 Å². The summed E-state index contributed by atoms with van der Waals surface area (Å²) in [7, 11) is 0. The summed E-state index contributed by atoms with van der Waals surface area (Å²) in [6.07, 6.45) is 5.88. The van der Waals surface area contributed by atoms with E-state index in [1.807, 2.05) is 17.2 Å². The molecule has 1 aliphatic heterocycles. The van der Waals surface area contributed by atoms with Crippen molar-refractivity contribution in [1.82, 2.24) is 10.3 Å². The second-order valence-corrected chi connectivity index (χ2v) is 9.50. The highest BCUT2D eigenvalue weighted by Crippen LogP contribution is 2.40. The molecule has 6 nitrogen and oxygen atoms in total. The van der Waals surface area contributed by atoms with Gasteiger partial charge in [0.2, 0.25) is 0 Å². The maximum atomic E-state index is 11.1. The summed E-state index contributed by atoms with van der Waals surface area (Å²) >= 11 is 6.93. The fourth-order valence-electron chi connectivity index (χ4n) is 4.28. The van der Waals surface area contributed by atoms with Crippen LogP contribution >= 0.6 is 23.6 Å². The number of nitrogens with zero attached hydrogens (tertiary/aromatic N) is 2. The first-order chi connectivity index (χ1) is 14.9. The van der Waals surface area contributed by atoms with Crippen LogP contribution in [0.15, 0.2) is 28.7 Å². The SMILES string of the molecule is C/C(=N\NC(=S)N1CCC(C(=O)O)CC1)c1csc(-c2ccc3c(c2)CCCC3)c1O. The van der Waals surface area contributed by atoms with Gasteiger partial charge in [-0.15, -0.1) is 11.3 Å². The van der Waals surface area contributed by atoms with Gasteiger partial charge < -0.3 is 15.1 Å². The summed E-state index contributed by atoms with van der Waals surface area (Å²) in [6.45, 7) is 3.04. The highest BCUT2D eigenvalue weighted by Gasteiger charge is 2.25. The summed E-state index contributed by atoms with van der Waals surface area (Å²) in [5, 5.41) is 26.8. The number of piperidine rings is 1. The monoisotopic (exact) mass is 457 g/mol. The minimum absolute atomic E-state index is 0.247. The van der Waals surface area contributed by atoms with Crippen molar-refractivity contribution in [2.75, 3.05) is 13.1 Å². The molecule has 2 aliphatic rings. The van der Waals surface area contributed by atoms with Crippen molar-refractivity contribution in [3.05, 3.63) is 40.3 Å². The zero-order valence-corrected chi connectivity index (χ0v) is 19.2. The Kier molecular flexibility index (Phi) is 6.57. The molecule has 1 aliphatic carbocycles. The number of carboxylic acid groups (broad SMARTS) is 1. The third-order valence-electron chi connectivity index (χ3n) is 6.22. The molecule has 3 N–H and O–H groups in total. The third-order valence-corrected chi connectivity index (χ3v) is 7.58. The van der Waals surface area contributed by atoms with E-state index in [9.17, 15) is 9.90 Å². The molecule has 164 valence electrons. The van der Waals surface area contributed by atoms with E-state index in [4.69, 9.17) is 17.3 Å². The molecule has 0 spiro atoms. The lowest BCUT2D eigenvalue weighted by Crippen LogP contribution is -2.44. The van der Waals surface area contributed by atoms with E-state index in [1.165, 1.54) is 35.3 Å². The van der Waals surface area contributed by atoms with E-state index in [-0.39, 0.29) is 11.7 Å². The summed E-state index contributed by atoms with van der Waals surface area (Å²) in [5.41, 5.74) is 8.11. The van der Waals surface area contributed by atoms with Gasteiger partial charge in [-0.25, -0.2) is 0 Å². The molecule has 0 bridgehead atoms. The first kappa shape index (κ1) is 21.8. The standard InChI is InChI=1S/C23H27N3O3S2/c1-14(24-25-23(30)26-10-8-16(9-11-26)22(28)29)19-13-31-21(20(19)27)18-7-6-15-4-2-3-5-17(15)12-18/h6-7,12-13,16,27H,2-5,8-11H2,1H3,(H,25,30)(H,28,29)/b24-14+. The number of aryl methyl sites for hydroxylation is 2. The van der Waals surface area contributed by atoms with Crippen LogP contribution in [0.3, 0.4) is 0 Å². The highest BCUT2D eigenvalue weighted by atomic mass is 32.1. The lowest BCUT2D eigenvalue weighted by molar-refractivity contribution is -0.143. The van der Waals surface area contributed by atoms with E-state index in [1.54, 1.807) is 0 Å². The Hall–Kier alpha value is -2.45. The lowest BCUT2D eigenvalue weighted by Gasteiger charge is -2.31. The Labute approximate surface area is 191 Å². The van der Waals surface area contributed by atoms with Gasteiger partial charge >= 0.3 is 5.97 Å². The van der Waals surface area contributed by atoms with Crippen LogP contribution in [0.25, 0.3) is 10.4 Å². The van der Waals surface area contributed by atoms with Crippen LogP contribution in [0, 0.1) is 5.92 Å².